The van der Waals surface area contributed by atoms with Gasteiger partial charge < -0.3 is 16.2 Å². The molecule has 1 aliphatic carbocycles. The molecule has 4 heteroatoms. The summed E-state index contributed by atoms with van der Waals surface area (Å²) in [4.78, 5) is 11.3. The first-order valence-electron chi connectivity index (χ1n) is 4.58. The summed E-state index contributed by atoms with van der Waals surface area (Å²) in [5, 5.41) is 11.7. The second-order valence-electron chi connectivity index (χ2n) is 4.56. The molecule has 4 N–H and O–H groups in total. The van der Waals surface area contributed by atoms with Gasteiger partial charge in [0, 0.05) is 12.0 Å². The first-order chi connectivity index (χ1) is 5.90. The van der Waals surface area contributed by atoms with E-state index in [0.29, 0.717) is 6.54 Å². The molecule has 0 saturated heterocycles. The Morgan fingerprint density at radius 2 is 2.15 bits per heavy atom. The van der Waals surface area contributed by atoms with Crippen LogP contribution in [-0.2, 0) is 4.79 Å². The van der Waals surface area contributed by atoms with Gasteiger partial charge in [-0.25, -0.2) is 0 Å². The summed E-state index contributed by atoms with van der Waals surface area (Å²) in [5.41, 5.74) is 4.73. The molecule has 0 bridgehead atoms. The van der Waals surface area contributed by atoms with E-state index >= 15 is 0 Å². The van der Waals surface area contributed by atoms with Crippen molar-refractivity contribution in [3.05, 3.63) is 0 Å². The average Bonchev–Trinajstić information content (AvgIpc) is 2.79. The predicted octanol–water partition coefficient (Wildman–Crippen LogP) is -0.388. The van der Waals surface area contributed by atoms with Crippen LogP contribution in [0.5, 0.6) is 0 Å². The highest BCUT2D eigenvalue weighted by atomic mass is 16.3. The molecule has 0 aromatic heterocycles. The van der Waals surface area contributed by atoms with E-state index < -0.39 is 5.54 Å². The van der Waals surface area contributed by atoms with Crippen molar-refractivity contribution >= 4 is 5.91 Å². The predicted molar refractivity (Wildman–Crippen MR) is 50.0 cm³/mol. The Balaban J connectivity index is 2.31. The highest BCUT2D eigenvalue weighted by Gasteiger charge is 2.42. The normalized spacial score (nSPS) is 19.7. The largest absolute Gasteiger partial charge is 0.396 e. The fourth-order valence-electron chi connectivity index (χ4n) is 1.06. The third kappa shape index (κ3) is 2.67. The molecule has 76 valence electrons. The first-order valence-corrected chi connectivity index (χ1v) is 4.58. The molecule has 13 heavy (non-hydrogen) atoms. The summed E-state index contributed by atoms with van der Waals surface area (Å²) < 4.78 is 0. The van der Waals surface area contributed by atoms with Crippen LogP contribution >= 0.6 is 0 Å². The number of carbonyl (C=O) groups excluding carboxylic acids is 1. The van der Waals surface area contributed by atoms with E-state index in [9.17, 15) is 4.79 Å². The van der Waals surface area contributed by atoms with Crippen LogP contribution in [-0.4, -0.2) is 29.7 Å². The molecule has 0 atom stereocenters. The summed E-state index contributed by atoms with van der Waals surface area (Å²) in [5.74, 6) is -0.160. The molecule has 1 fully saturated rings. The van der Waals surface area contributed by atoms with Crippen LogP contribution < -0.4 is 11.1 Å². The number of aliphatic hydroxyl groups is 1. The summed E-state index contributed by atoms with van der Waals surface area (Å²) >= 11 is 0. The molecule has 0 aromatic rings. The van der Waals surface area contributed by atoms with Crippen molar-refractivity contribution in [1.29, 1.82) is 0 Å². The highest BCUT2D eigenvalue weighted by molar-refractivity contribution is 5.85. The minimum atomic E-state index is -0.828. The molecular weight excluding hydrogens is 168 g/mol. The zero-order valence-electron chi connectivity index (χ0n) is 8.26. The fraction of sp³-hybridized carbons (Fsp3) is 0.889. The Labute approximate surface area is 78.5 Å². The van der Waals surface area contributed by atoms with E-state index in [0.717, 1.165) is 12.8 Å². The van der Waals surface area contributed by atoms with Crippen LogP contribution in [0.3, 0.4) is 0 Å². The first kappa shape index (κ1) is 10.5. The molecule has 1 saturated carbocycles. The Morgan fingerprint density at radius 1 is 1.62 bits per heavy atom. The van der Waals surface area contributed by atoms with E-state index in [1.807, 2.05) is 0 Å². The molecule has 1 rings (SSSR count). The van der Waals surface area contributed by atoms with Crippen molar-refractivity contribution in [3.8, 4) is 0 Å². The van der Waals surface area contributed by atoms with Gasteiger partial charge in [-0.1, -0.05) is 0 Å². The van der Waals surface area contributed by atoms with Gasteiger partial charge in [-0.3, -0.25) is 4.79 Å². The lowest BCUT2D eigenvalue weighted by Crippen LogP contribution is -2.50. The van der Waals surface area contributed by atoms with Gasteiger partial charge in [0.15, 0.2) is 0 Å². The van der Waals surface area contributed by atoms with Crippen molar-refractivity contribution in [2.45, 2.75) is 32.2 Å². The monoisotopic (exact) mass is 186 g/mol. The Kier molecular flexibility index (Phi) is 2.63. The van der Waals surface area contributed by atoms with Gasteiger partial charge in [0.05, 0.1) is 12.1 Å². The van der Waals surface area contributed by atoms with Crippen molar-refractivity contribution < 1.29 is 9.90 Å². The molecule has 0 unspecified atom stereocenters. The van der Waals surface area contributed by atoms with Gasteiger partial charge in [-0.05, 0) is 26.7 Å². The Morgan fingerprint density at radius 3 is 2.46 bits per heavy atom. The molecule has 1 aliphatic rings. The molecule has 0 spiro atoms. The Hall–Kier alpha value is -0.610. The van der Waals surface area contributed by atoms with Gasteiger partial charge in [0.1, 0.15) is 0 Å². The van der Waals surface area contributed by atoms with Crippen molar-refractivity contribution in [2.75, 3.05) is 13.2 Å². The second kappa shape index (κ2) is 3.27. The number of aliphatic hydroxyl groups excluding tert-OH is 1. The lowest BCUT2D eigenvalue weighted by molar-refractivity contribution is -0.125. The van der Waals surface area contributed by atoms with Crippen molar-refractivity contribution in [1.82, 2.24) is 5.32 Å². The summed E-state index contributed by atoms with van der Waals surface area (Å²) in [7, 11) is 0. The van der Waals surface area contributed by atoms with Gasteiger partial charge in [-0.15, -0.1) is 0 Å². The number of hydrogen-bond acceptors (Lipinski definition) is 3. The number of nitrogens with two attached hydrogens (primary N) is 1. The molecule has 1 amide bonds. The van der Waals surface area contributed by atoms with Crippen LogP contribution in [0.1, 0.15) is 26.7 Å². The molecule has 0 radical (unpaired) electrons. The summed E-state index contributed by atoms with van der Waals surface area (Å²) in [6.45, 7) is 4.03. The standard InChI is InChI=1S/C9H18N2O2/c1-8(2,10)7(13)11-5-9(6-12)3-4-9/h12H,3-6,10H2,1-2H3,(H,11,13). The Bertz CT molecular complexity index is 204. The smallest absolute Gasteiger partial charge is 0.239 e. The van der Waals surface area contributed by atoms with E-state index in [4.69, 9.17) is 10.8 Å². The number of carbonyl (C=O) groups is 1. The maximum atomic E-state index is 11.3. The van der Waals surface area contributed by atoms with E-state index in [1.54, 1.807) is 13.8 Å². The quantitative estimate of drug-likeness (QED) is 0.560. The van der Waals surface area contributed by atoms with E-state index in [-0.39, 0.29) is 17.9 Å². The zero-order chi connectivity index (χ0) is 10.1. The average molecular weight is 186 g/mol. The fourth-order valence-corrected chi connectivity index (χ4v) is 1.06. The van der Waals surface area contributed by atoms with Crippen molar-refractivity contribution in [2.24, 2.45) is 11.1 Å². The number of rotatable bonds is 4. The molecule has 4 nitrogen and oxygen atoms in total. The maximum Gasteiger partial charge on any atom is 0.239 e. The molecular formula is C9H18N2O2. The maximum absolute atomic E-state index is 11.3. The minimum absolute atomic E-state index is 0.0408. The number of amides is 1. The van der Waals surface area contributed by atoms with Crippen LogP contribution in [0.4, 0.5) is 0 Å². The van der Waals surface area contributed by atoms with E-state index in [2.05, 4.69) is 5.32 Å². The third-order valence-corrected chi connectivity index (χ3v) is 2.50. The zero-order valence-corrected chi connectivity index (χ0v) is 8.26. The van der Waals surface area contributed by atoms with E-state index in [1.165, 1.54) is 0 Å². The molecule has 0 heterocycles. The molecule has 0 aromatic carbocycles. The minimum Gasteiger partial charge on any atom is -0.396 e. The lowest BCUT2D eigenvalue weighted by atomic mass is 10.0. The summed E-state index contributed by atoms with van der Waals surface area (Å²) in [6.07, 6.45) is 1.99. The third-order valence-electron chi connectivity index (χ3n) is 2.50. The second-order valence-corrected chi connectivity index (χ2v) is 4.56. The van der Waals surface area contributed by atoms with Gasteiger partial charge in [0.25, 0.3) is 0 Å². The number of nitrogens with one attached hydrogen (secondary N) is 1. The van der Waals surface area contributed by atoms with Gasteiger partial charge in [0.2, 0.25) is 5.91 Å². The van der Waals surface area contributed by atoms with Crippen molar-refractivity contribution in [3.63, 3.8) is 0 Å². The van der Waals surface area contributed by atoms with Crippen LogP contribution in [0.25, 0.3) is 0 Å². The van der Waals surface area contributed by atoms with Crippen LogP contribution in [0, 0.1) is 5.41 Å². The SMILES string of the molecule is CC(C)(N)C(=O)NCC1(CO)CC1. The van der Waals surface area contributed by atoms with Crippen LogP contribution in [0.2, 0.25) is 0 Å². The molecule has 0 aliphatic heterocycles. The lowest BCUT2D eigenvalue weighted by Gasteiger charge is -2.20. The van der Waals surface area contributed by atoms with Crippen LogP contribution in [0.15, 0.2) is 0 Å². The topological polar surface area (TPSA) is 75.4 Å². The summed E-state index contributed by atoms with van der Waals surface area (Å²) in [6, 6.07) is 0. The van der Waals surface area contributed by atoms with Gasteiger partial charge >= 0.3 is 0 Å². The highest BCUT2D eigenvalue weighted by Crippen LogP contribution is 2.44. The number of hydrogen-bond donors (Lipinski definition) is 3. The van der Waals surface area contributed by atoms with Gasteiger partial charge in [-0.2, -0.15) is 0 Å².